The van der Waals surface area contributed by atoms with Gasteiger partial charge in [0.05, 0.1) is 23.6 Å². The van der Waals surface area contributed by atoms with Gasteiger partial charge in [-0.05, 0) is 6.92 Å². The number of nitrogen functional groups attached to an aromatic ring is 1. The van der Waals surface area contributed by atoms with Crippen molar-refractivity contribution in [2.24, 2.45) is 5.73 Å². The zero-order valence-electron chi connectivity index (χ0n) is 12.7. The molecule has 1 aliphatic heterocycles. The van der Waals surface area contributed by atoms with Gasteiger partial charge in [-0.25, -0.2) is 14.4 Å². The maximum Gasteiger partial charge on any atom is 0.251 e. The number of ether oxygens (including phenoxy) is 1. The van der Waals surface area contributed by atoms with Gasteiger partial charge in [-0.1, -0.05) is 0 Å². The molecule has 2 fully saturated rings. The van der Waals surface area contributed by atoms with Crippen molar-refractivity contribution in [2.45, 2.75) is 36.9 Å². The topological polar surface area (TPSA) is 150 Å². The summed E-state index contributed by atoms with van der Waals surface area (Å²) in [6.45, 7) is 1.09. The molecule has 1 amide bonds. The lowest BCUT2D eigenvalue weighted by atomic mass is 10.1. The van der Waals surface area contributed by atoms with E-state index in [2.05, 4.69) is 9.97 Å². The van der Waals surface area contributed by atoms with Crippen LogP contribution in [0.3, 0.4) is 0 Å². The second-order valence-corrected chi connectivity index (χ2v) is 6.18. The molecule has 0 bridgehead atoms. The van der Waals surface area contributed by atoms with Crippen LogP contribution in [-0.4, -0.2) is 61.2 Å². The highest BCUT2D eigenvalue weighted by molar-refractivity contribution is 6.09. The summed E-state index contributed by atoms with van der Waals surface area (Å²) in [5.41, 5.74) is 9.83. The maximum atomic E-state index is 14.4. The van der Waals surface area contributed by atoms with Gasteiger partial charge in [-0.15, -0.1) is 0 Å². The smallest absolute Gasteiger partial charge is 0.251 e. The number of hydrogen-bond donors (Lipinski definition) is 4. The number of rotatable bonds is 3. The number of hydrogen-bond acceptors (Lipinski definition) is 7. The molecule has 0 spiro atoms. The molecule has 1 aliphatic carbocycles. The summed E-state index contributed by atoms with van der Waals surface area (Å²) in [5.74, 6) is -0.297. The molecule has 128 valence electrons. The van der Waals surface area contributed by atoms with Gasteiger partial charge in [0.25, 0.3) is 5.91 Å². The van der Waals surface area contributed by atoms with E-state index in [1.54, 1.807) is 6.92 Å². The molecule has 24 heavy (non-hydrogen) atoms. The Morgan fingerprint density at radius 2 is 2.25 bits per heavy atom. The number of nitrogens with zero attached hydrogens (tertiary/aromatic N) is 3. The first-order valence-corrected chi connectivity index (χ1v) is 7.37. The van der Waals surface area contributed by atoms with E-state index in [1.165, 1.54) is 10.8 Å². The predicted molar refractivity (Wildman–Crippen MR) is 79.8 cm³/mol. The maximum absolute atomic E-state index is 14.4. The third-order valence-electron chi connectivity index (χ3n) is 4.75. The minimum absolute atomic E-state index is 0.0776. The van der Waals surface area contributed by atoms with E-state index in [1.807, 2.05) is 0 Å². The average molecular weight is 337 g/mol. The number of anilines is 1. The molecule has 2 aromatic heterocycles. The average Bonchev–Trinajstić information content (AvgIpc) is 2.81. The zero-order chi connectivity index (χ0) is 17.4. The molecule has 6 N–H and O–H groups in total. The molecule has 0 radical (unpaired) electrons. The van der Waals surface area contributed by atoms with Gasteiger partial charge in [0.1, 0.15) is 35.1 Å². The first kappa shape index (κ1) is 15.2. The van der Waals surface area contributed by atoms with Crippen LogP contribution >= 0.6 is 0 Å². The largest absolute Gasteiger partial charge is 0.394 e. The van der Waals surface area contributed by atoms with E-state index < -0.39 is 42.5 Å². The summed E-state index contributed by atoms with van der Waals surface area (Å²) in [4.78, 5) is 20.0. The fourth-order valence-electron chi connectivity index (χ4n) is 3.59. The summed E-state index contributed by atoms with van der Waals surface area (Å²) < 4.78 is 21.2. The first-order chi connectivity index (χ1) is 11.3. The zero-order valence-corrected chi connectivity index (χ0v) is 12.7. The number of aromatic nitrogens is 3. The molecule has 1 unspecified atom stereocenters. The van der Waals surface area contributed by atoms with Gasteiger partial charge in [-0.2, -0.15) is 0 Å². The molecule has 4 rings (SSSR count). The van der Waals surface area contributed by atoms with Crippen molar-refractivity contribution in [2.75, 3.05) is 12.3 Å². The van der Waals surface area contributed by atoms with Crippen molar-refractivity contribution in [3.63, 3.8) is 0 Å². The van der Waals surface area contributed by atoms with E-state index in [0.29, 0.717) is 5.82 Å². The van der Waals surface area contributed by atoms with Crippen LogP contribution < -0.4 is 11.5 Å². The molecular weight excluding hydrogens is 321 g/mol. The standard InChI is InChI=1S/C14H16FN5O4/c1-4-18-11(16)7-5(12(17)22)2-20(13(7)19-4)9-10-14(9,23)8(15)6(3-21)24-10/h2,6,8-10,21,23H,3H2,1H3,(H2,17,22)(H2,16,18,19)/t6-,8-,9?,10+,14+/m1/s1. The van der Waals surface area contributed by atoms with Gasteiger partial charge in [0, 0.05) is 6.20 Å². The van der Waals surface area contributed by atoms with E-state index >= 15 is 0 Å². The summed E-state index contributed by atoms with van der Waals surface area (Å²) in [7, 11) is 0. The van der Waals surface area contributed by atoms with Crippen molar-refractivity contribution in [3.05, 3.63) is 17.6 Å². The summed E-state index contributed by atoms with van der Waals surface area (Å²) in [5, 5.41) is 19.9. The number of aliphatic hydroxyl groups excluding tert-OH is 1. The van der Waals surface area contributed by atoms with Gasteiger partial charge in [-0.3, -0.25) is 4.79 Å². The molecule has 10 heteroatoms. The summed E-state index contributed by atoms with van der Waals surface area (Å²) in [6, 6.07) is -0.792. The Morgan fingerprint density at radius 3 is 2.79 bits per heavy atom. The number of fused-ring (bicyclic) bond motifs is 2. The Morgan fingerprint density at radius 1 is 1.54 bits per heavy atom. The van der Waals surface area contributed by atoms with E-state index in [9.17, 15) is 14.3 Å². The Labute approximate surface area is 135 Å². The van der Waals surface area contributed by atoms with Crippen LogP contribution in [0.15, 0.2) is 6.20 Å². The number of aliphatic hydroxyl groups is 2. The van der Waals surface area contributed by atoms with Crippen LogP contribution in [0.2, 0.25) is 0 Å². The van der Waals surface area contributed by atoms with Crippen molar-refractivity contribution in [1.29, 1.82) is 0 Å². The minimum Gasteiger partial charge on any atom is -0.394 e. The normalized spacial score (nSPS) is 34.5. The lowest BCUT2D eigenvalue weighted by Gasteiger charge is -2.19. The number of alkyl halides is 1. The molecule has 2 aromatic rings. The highest BCUT2D eigenvalue weighted by Crippen LogP contribution is 2.60. The fourth-order valence-corrected chi connectivity index (χ4v) is 3.59. The van der Waals surface area contributed by atoms with Gasteiger partial charge in [0.15, 0.2) is 6.17 Å². The van der Waals surface area contributed by atoms with Crippen LogP contribution in [0, 0.1) is 6.92 Å². The van der Waals surface area contributed by atoms with Crippen molar-refractivity contribution in [3.8, 4) is 0 Å². The molecule has 0 aromatic carbocycles. The monoisotopic (exact) mass is 337 g/mol. The minimum atomic E-state index is -1.79. The van der Waals surface area contributed by atoms with E-state index in [4.69, 9.17) is 21.3 Å². The van der Waals surface area contributed by atoms with Crippen molar-refractivity contribution in [1.82, 2.24) is 14.5 Å². The molecule has 9 nitrogen and oxygen atoms in total. The predicted octanol–water partition coefficient (Wildman–Crippen LogP) is -1.20. The molecule has 1 saturated carbocycles. The van der Waals surface area contributed by atoms with Gasteiger partial charge in [0.2, 0.25) is 0 Å². The molecular formula is C14H16FN5O4. The quantitative estimate of drug-likeness (QED) is 0.549. The number of halogens is 1. The number of carbonyl (C=O) groups is 1. The van der Waals surface area contributed by atoms with Crippen LogP contribution in [0.5, 0.6) is 0 Å². The lowest BCUT2D eigenvalue weighted by Crippen LogP contribution is -2.36. The van der Waals surface area contributed by atoms with Crippen LogP contribution in [0.1, 0.15) is 22.2 Å². The fraction of sp³-hybridized carbons (Fsp3) is 0.500. The first-order valence-electron chi connectivity index (χ1n) is 7.37. The van der Waals surface area contributed by atoms with Gasteiger partial charge < -0.3 is 31.0 Å². The Balaban J connectivity index is 1.87. The summed E-state index contributed by atoms with van der Waals surface area (Å²) >= 11 is 0. The molecule has 1 saturated heterocycles. The number of aryl methyl sites for hydroxylation is 1. The van der Waals surface area contributed by atoms with Gasteiger partial charge >= 0.3 is 0 Å². The van der Waals surface area contributed by atoms with Crippen LogP contribution in [-0.2, 0) is 4.74 Å². The van der Waals surface area contributed by atoms with E-state index in [0.717, 1.165) is 0 Å². The highest BCUT2D eigenvalue weighted by atomic mass is 19.1. The number of amides is 1. The van der Waals surface area contributed by atoms with Crippen LogP contribution in [0.4, 0.5) is 10.2 Å². The third kappa shape index (κ3) is 1.70. The summed E-state index contributed by atoms with van der Waals surface area (Å²) in [6.07, 6.45) is -2.30. The van der Waals surface area contributed by atoms with E-state index in [-0.39, 0.29) is 22.4 Å². The lowest BCUT2D eigenvalue weighted by molar-refractivity contribution is -0.0241. The second-order valence-electron chi connectivity index (χ2n) is 6.18. The number of primary amides is 1. The second kappa shape index (κ2) is 4.62. The van der Waals surface area contributed by atoms with Crippen molar-refractivity contribution < 1.29 is 24.1 Å². The third-order valence-corrected chi connectivity index (χ3v) is 4.75. The van der Waals surface area contributed by atoms with Crippen molar-refractivity contribution >= 4 is 22.8 Å². The molecule has 5 atom stereocenters. The SMILES string of the molecule is Cc1nc(N)c2c(C(N)=O)cn(C3[C@@H]4O[C@H](CO)[C@@H](F)[C@]34O)c2n1. The Hall–Kier alpha value is -2.30. The number of nitrogens with two attached hydrogens (primary N) is 2. The Bertz CT molecular complexity index is 870. The Kier molecular flexibility index (Phi) is 2.93. The highest BCUT2D eigenvalue weighted by Gasteiger charge is 2.78. The number of carbonyl (C=O) groups excluding carboxylic acids is 1. The molecule has 2 aliphatic rings. The molecule has 3 heterocycles. The van der Waals surface area contributed by atoms with Crippen LogP contribution in [0.25, 0.3) is 11.0 Å².